The van der Waals surface area contributed by atoms with E-state index in [1.807, 2.05) is 42.5 Å². The van der Waals surface area contributed by atoms with Crippen molar-refractivity contribution in [2.24, 2.45) is 0 Å². The maximum atomic E-state index is 13.8. The van der Waals surface area contributed by atoms with Crippen LogP contribution in [-0.2, 0) is 23.5 Å². The van der Waals surface area contributed by atoms with Gasteiger partial charge in [0.25, 0.3) is 5.56 Å². The number of thiophene rings is 1. The Morgan fingerprint density at radius 3 is 2.72 bits per heavy atom. The van der Waals surface area contributed by atoms with Crippen molar-refractivity contribution in [3.05, 3.63) is 84.9 Å². The van der Waals surface area contributed by atoms with Crippen LogP contribution in [0.25, 0.3) is 15.9 Å². The molecular formula is C24H20Cl2N2O2S2. The molecule has 0 fully saturated rings. The molecule has 5 rings (SSSR count). The molecule has 4 aromatic rings. The number of thioether (sulfide) groups is 1. The summed E-state index contributed by atoms with van der Waals surface area (Å²) in [5, 5.41) is 2.54. The predicted molar refractivity (Wildman–Crippen MR) is 134 cm³/mol. The minimum Gasteiger partial charge on any atom is -0.370 e. The smallest absolute Gasteiger partial charge is 0.267 e. The van der Waals surface area contributed by atoms with Crippen molar-refractivity contribution in [2.45, 2.75) is 43.4 Å². The summed E-state index contributed by atoms with van der Waals surface area (Å²) in [5.74, 6) is 0.571. The van der Waals surface area contributed by atoms with Crippen LogP contribution in [0.3, 0.4) is 0 Å². The topological polar surface area (TPSA) is 44.1 Å². The van der Waals surface area contributed by atoms with E-state index in [-0.39, 0.29) is 11.2 Å². The molecule has 4 nitrogen and oxygen atoms in total. The molecule has 3 heterocycles. The molecule has 0 radical (unpaired) electrons. The molecule has 2 aromatic heterocycles. The Labute approximate surface area is 204 Å². The molecule has 0 spiro atoms. The number of hydrogen-bond donors (Lipinski definition) is 0. The van der Waals surface area contributed by atoms with E-state index in [0.717, 1.165) is 26.5 Å². The monoisotopic (exact) mass is 502 g/mol. The second-order valence-corrected chi connectivity index (χ2v) is 11.2. The second-order valence-electron chi connectivity index (χ2n) is 8.30. The molecule has 8 heteroatoms. The molecule has 0 unspecified atom stereocenters. The Bertz CT molecular complexity index is 1380. The summed E-state index contributed by atoms with van der Waals surface area (Å²) < 4.78 is 7.69. The largest absolute Gasteiger partial charge is 0.370 e. The molecule has 32 heavy (non-hydrogen) atoms. The summed E-state index contributed by atoms with van der Waals surface area (Å²) in [7, 11) is 0. The zero-order chi connectivity index (χ0) is 22.5. The summed E-state index contributed by atoms with van der Waals surface area (Å²) in [6.45, 7) is 4.63. The zero-order valence-electron chi connectivity index (χ0n) is 17.5. The maximum absolute atomic E-state index is 13.8. The van der Waals surface area contributed by atoms with Crippen LogP contribution in [0.2, 0.25) is 10.0 Å². The standard InChI is InChI=1S/C24H20Cl2N2O2S2/c1-24(2)11-17-19(12-30-24)32-21-20(17)22(29)28(16-6-4-3-5-7-16)23(27-21)31-13-14-8-9-15(25)10-18(14)26/h3-10H,11-13H2,1-2H3. The molecule has 0 N–H and O–H groups in total. The highest BCUT2D eigenvalue weighted by atomic mass is 35.5. The third kappa shape index (κ3) is 4.11. The van der Waals surface area contributed by atoms with E-state index in [4.69, 9.17) is 32.9 Å². The van der Waals surface area contributed by atoms with Gasteiger partial charge in [0, 0.05) is 27.1 Å². The van der Waals surface area contributed by atoms with Crippen LogP contribution in [0.15, 0.2) is 58.5 Å². The van der Waals surface area contributed by atoms with Gasteiger partial charge in [-0.2, -0.15) is 0 Å². The van der Waals surface area contributed by atoms with Crippen LogP contribution in [0.4, 0.5) is 0 Å². The highest BCUT2D eigenvalue weighted by Gasteiger charge is 2.31. The number of para-hydroxylation sites is 1. The van der Waals surface area contributed by atoms with Crippen molar-refractivity contribution in [2.75, 3.05) is 0 Å². The number of halogens is 2. The van der Waals surface area contributed by atoms with Crippen molar-refractivity contribution in [1.29, 1.82) is 0 Å². The molecule has 0 saturated carbocycles. The van der Waals surface area contributed by atoms with Crippen molar-refractivity contribution in [3.8, 4) is 5.69 Å². The number of nitrogens with zero attached hydrogens (tertiary/aromatic N) is 2. The van der Waals surface area contributed by atoms with Gasteiger partial charge in [0.15, 0.2) is 5.16 Å². The first-order chi connectivity index (χ1) is 15.3. The molecule has 0 atom stereocenters. The Morgan fingerprint density at radius 2 is 1.97 bits per heavy atom. The molecule has 0 saturated heterocycles. The van der Waals surface area contributed by atoms with E-state index < -0.39 is 0 Å². The first kappa shape index (κ1) is 22.0. The molecule has 0 bridgehead atoms. The third-order valence-electron chi connectivity index (χ3n) is 5.46. The van der Waals surface area contributed by atoms with Gasteiger partial charge in [-0.15, -0.1) is 11.3 Å². The quantitative estimate of drug-likeness (QED) is 0.225. The second kappa shape index (κ2) is 8.50. The van der Waals surface area contributed by atoms with Crippen LogP contribution < -0.4 is 5.56 Å². The minimum atomic E-state index is -0.302. The molecule has 1 aliphatic heterocycles. The van der Waals surface area contributed by atoms with Crippen molar-refractivity contribution in [3.63, 3.8) is 0 Å². The van der Waals surface area contributed by atoms with Gasteiger partial charge >= 0.3 is 0 Å². The van der Waals surface area contributed by atoms with Gasteiger partial charge in [0.1, 0.15) is 4.83 Å². The Balaban J connectivity index is 1.66. The lowest BCUT2D eigenvalue weighted by molar-refractivity contribution is -0.0379. The van der Waals surface area contributed by atoms with Gasteiger partial charge in [0.2, 0.25) is 0 Å². The lowest BCUT2D eigenvalue weighted by atomic mass is 9.94. The van der Waals surface area contributed by atoms with Gasteiger partial charge in [-0.3, -0.25) is 9.36 Å². The Morgan fingerprint density at radius 1 is 1.19 bits per heavy atom. The molecule has 0 aliphatic carbocycles. The van der Waals surface area contributed by atoms with Gasteiger partial charge < -0.3 is 4.74 Å². The van der Waals surface area contributed by atoms with Gasteiger partial charge in [-0.1, -0.05) is 59.2 Å². The first-order valence-corrected chi connectivity index (χ1v) is 12.7. The predicted octanol–water partition coefficient (Wildman–Crippen LogP) is 6.90. The molecular weight excluding hydrogens is 483 g/mol. The zero-order valence-corrected chi connectivity index (χ0v) is 20.7. The van der Waals surface area contributed by atoms with Crippen molar-refractivity contribution < 1.29 is 4.74 Å². The number of fused-ring (bicyclic) bond motifs is 3. The Hall–Kier alpha value is -1.83. The summed E-state index contributed by atoms with van der Waals surface area (Å²) in [6, 6.07) is 15.1. The van der Waals surface area contributed by atoms with Gasteiger partial charge in [0.05, 0.1) is 23.3 Å². The van der Waals surface area contributed by atoms with Crippen LogP contribution in [0, 0.1) is 0 Å². The normalized spacial score (nSPS) is 15.1. The van der Waals surface area contributed by atoms with Gasteiger partial charge in [-0.05, 0) is 49.2 Å². The minimum absolute atomic E-state index is 0.0406. The molecule has 164 valence electrons. The summed E-state index contributed by atoms with van der Waals surface area (Å²) >= 11 is 15.5. The Kier molecular flexibility index (Phi) is 5.84. The summed E-state index contributed by atoms with van der Waals surface area (Å²) in [4.78, 5) is 20.6. The van der Waals surface area contributed by atoms with Crippen molar-refractivity contribution in [1.82, 2.24) is 9.55 Å². The van der Waals surface area contributed by atoms with E-state index in [0.29, 0.717) is 39.4 Å². The first-order valence-electron chi connectivity index (χ1n) is 10.2. The average molecular weight is 503 g/mol. The van der Waals surface area contributed by atoms with Crippen LogP contribution in [0.5, 0.6) is 0 Å². The number of aromatic nitrogens is 2. The van der Waals surface area contributed by atoms with E-state index in [1.165, 1.54) is 11.8 Å². The summed E-state index contributed by atoms with van der Waals surface area (Å²) in [5.41, 5.74) is 2.46. The number of hydrogen-bond acceptors (Lipinski definition) is 5. The molecule has 1 aliphatic rings. The van der Waals surface area contributed by atoms with E-state index in [1.54, 1.807) is 22.0 Å². The highest BCUT2D eigenvalue weighted by molar-refractivity contribution is 7.98. The van der Waals surface area contributed by atoms with Crippen LogP contribution in [-0.4, -0.2) is 15.2 Å². The van der Waals surface area contributed by atoms with Gasteiger partial charge in [-0.25, -0.2) is 4.98 Å². The number of rotatable bonds is 4. The van der Waals surface area contributed by atoms with E-state index in [2.05, 4.69) is 13.8 Å². The highest BCUT2D eigenvalue weighted by Crippen LogP contribution is 2.38. The van der Waals surface area contributed by atoms with E-state index in [9.17, 15) is 4.79 Å². The average Bonchev–Trinajstić information content (AvgIpc) is 3.10. The fourth-order valence-corrected chi connectivity index (χ4v) is 6.57. The summed E-state index contributed by atoms with van der Waals surface area (Å²) in [6.07, 6.45) is 0.695. The SMILES string of the molecule is CC1(C)Cc2c(sc3nc(SCc4ccc(Cl)cc4Cl)n(-c4ccccc4)c(=O)c23)CO1. The lowest BCUT2D eigenvalue weighted by Gasteiger charge is -2.29. The fourth-order valence-electron chi connectivity index (χ4n) is 3.86. The van der Waals surface area contributed by atoms with Crippen LogP contribution in [0.1, 0.15) is 29.9 Å². The van der Waals surface area contributed by atoms with E-state index >= 15 is 0 Å². The molecule has 2 aromatic carbocycles. The number of ether oxygens (including phenoxy) is 1. The number of benzene rings is 2. The van der Waals surface area contributed by atoms with Crippen LogP contribution >= 0.6 is 46.3 Å². The fraction of sp³-hybridized carbons (Fsp3) is 0.250. The molecule has 0 amide bonds. The van der Waals surface area contributed by atoms with Crippen molar-refractivity contribution >= 4 is 56.5 Å². The third-order valence-corrected chi connectivity index (χ3v) is 8.13. The maximum Gasteiger partial charge on any atom is 0.267 e. The lowest BCUT2D eigenvalue weighted by Crippen LogP contribution is -2.32.